The van der Waals surface area contributed by atoms with Crippen LogP contribution in [-0.2, 0) is 9.53 Å². The van der Waals surface area contributed by atoms with Crippen LogP contribution >= 0.6 is 23.6 Å². The number of hydrogen-bond donors (Lipinski definition) is 1. The third-order valence-electron chi connectivity index (χ3n) is 1.92. The van der Waals surface area contributed by atoms with Crippen molar-refractivity contribution in [3.05, 3.63) is 11.1 Å². The predicted octanol–water partition coefficient (Wildman–Crippen LogP) is 0.151. The van der Waals surface area contributed by atoms with E-state index in [2.05, 4.69) is 15.0 Å². The zero-order valence-corrected chi connectivity index (χ0v) is 9.85. The Morgan fingerprint density at radius 2 is 2.50 bits per heavy atom. The molecular weight excluding hydrogens is 250 g/mol. The van der Waals surface area contributed by atoms with Crippen LogP contribution in [0.5, 0.6) is 0 Å². The molecule has 0 unspecified atom stereocenters. The number of hydrogen-bond acceptors (Lipinski definition) is 6. The van der Waals surface area contributed by atoms with Gasteiger partial charge in [0.15, 0.2) is 15.9 Å². The summed E-state index contributed by atoms with van der Waals surface area (Å²) in [6, 6.07) is 0. The van der Waals surface area contributed by atoms with Gasteiger partial charge in [-0.3, -0.25) is 4.79 Å². The highest BCUT2D eigenvalue weighted by Crippen LogP contribution is 2.22. The van der Waals surface area contributed by atoms with Crippen LogP contribution < -0.4 is 10.2 Å². The fourth-order valence-corrected chi connectivity index (χ4v) is 2.32. The molecule has 0 saturated carbocycles. The number of anilines is 1. The first-order valence-electron chi connectivity index (χ1n) is 4.28. The molecule has 1 aromatic heterocycles. The average molecular weight is 257 g/mol. The van der Waals surface area contributed by atoms with Gasteiger partial charge in [0.05, 0.1) is 13.7 Å². The SMILES string of the molecule is COC(=O)c1csc(N2C(=O)CNC2=S)n1. The predicted molar refractivity (Wildman–Crippen MR) is 61.5 cm³/mol. The van der Waals surface area contributed by atoms with E-state index in [0.717, 1.165) is 11.3 Å². The minimum absolute atomic E-state index is 0.159. The van der Waals surface area contributed by atoms with E-state index in [-0.39, 0.29) is 18.1 Å². The van der Waals surface area contributed by atoms with Gasteiger partial charge in [-0.1, -0.05) is 0 Å². The van der Waals surface area contributed by atoms with Gasteiger partial charge < -0.3 is 10.1 Å². The van der Waals surface area contributed by atoms with Crippen LogP contribution in [0.4, 0.5) is 5.13 Å². The maximum atomic E-state index is 11.5. The van der Waals surface area contributed by atoms with E-state index >= 15 is 0 Å². The molecule has 0 spiro atoms. The molecule has 0 bridgehead atoms. The second-order valence-corrected chi connectivity index (χ2v) is 4.12. The third-order valence-corrected chi connectivity index (χ3v) is 3.07. The molecule has 1 amide bonds. The number of thiazole rings is 1. The Labute approximate surface area is 100 Å². The summed E-state index contributed by atoms with van der Waals surface area (Å²) >= 11 is 6.11. The van der Waals surface area contributed by atoms with E-state index in [1.54, 1.807) is 0 Å². The monoisotopic (exact) mass is 257 g/mol. The number of aromatic nitrogens is 1. The molecule has 8 heteroatoms. The van der Waals surface area contributed by atoms with Crippen LogP contribution in [0.15, 0.2) is 5.38 Å². The summed E-state index contributed by atoms with van der Waals surface area (Å²) in [6.45, 7) is 0.159. The Balaban J connectivity index is 2.28. The summed E-state index contributed by atoms with van der Waals surface area (Å²) in [5, 5.41) is 4.93. The second kappa shape index (κ2) is 4.14. The van der Waals surface area contributed by atoms with Crippen molar-refractivity contribution < 1.29 is 14.3 Å². The molecule has 1 aromatic rings. The minimum atomic E-state index is -0.534. The molecule has 6 nitrogen and oxygen atoms in total. The summed E-state index contributed by atoms with van der Waals surface area (Å²) in [7, 11) is 1.27. The lowest BCUT2D eigenvalue weighted by molar-refractivity contribution is -0.115. The second-order valence-electron chi connectivity index (χ2n) is 2.89. The van der Waals surface area contributed by atoms with Gasteiger partial charge in [-0.05, 0) is 12.2 Å². The Morgan fingerprint density at radius 3 is 3.06 bits per heavy atom. The third kappa shape index (κ3) is 1.76. The summed E-state index contributed by atoms with van der Waals surface area (Å²) in [5.74, 6) is -0.719. The standard InChI is InChI=1S/C8H7N3O3S2/c1-14-6(13)4-3-16-8(10-4)11-5(12)2-9-7(11)15/h3H,2H2,1H3,(H,9,15). The fourth-order valence-electron chi connectivity index (χ4n) is 1.18. The van der Waals surface area contributed by atoms with Crippen molar-refractivity contribution in [2.24, 2.45) is 0 Å². The lowest BCUT2D eigenvalue weighted by atomic mass is 10.5. The topological polar surface area (TPSA) is 71.5 Å². The molecule has 2 heterocycles. The smallest absolute Gasteiger partial charge is 0.357 e. The van der Waals surface area contributed by atoms with Crippen molar-refractivity contribution in [1.82, 2.24) is 10.3 Å². The van der Waals surface area contributed by atoms with Gasteiger partial charge in [0.2, 0.25) is 0 Å². The van der Waals surface area contributed by atoms with E-state index in [9.17, 15) is 9.59 Å². The summed E-state index contributed by atoms with van der Waals surface area (Å²) in [4.78, 5) is 27.9. The quantitative estimate of drug-likeness (QED) is 0.600. The molecular formula is C8H7N3O3S2. The number of nitrogens with zero attached hydrogens (tertiary/aromatic N) is 2. The molecule has 1 aliphatic rings. The summed E-state index contributed by atoms with van der Waals surface area (Å²) in [5.41, 5.74) is 0.171. The van der Waals surface area contributed by atoms with Crippen molar-refractivity contribution in [2.45, 2.75) is 0 Å². The van der Waals surface area contributed by atoms with E-state index in [0.29, 0.717) is 10.2 Å². The number of amides is 1. The molecule has 0 aliphatic carbocycles. The Bertz CT molecular complexity index is 455. The van der Waals surface area contributed by atoms with Crippen molar-refractivity contribution in [3.63, 3.8) is 0 Å². The first kappa shape index (κ1) is 11.0. The number of nitrogens with one attached hydrogen (secondary N) is 1. The summed E-state index contributed by atoms with van der Waals surface area (Å²) < 4.78 is 4.52. The van der Waals surface area contributed by atoms with Crippen LogP contribution in [0.3, 0.4) is 0 Å². The lowest BCUT2D eigenvalue weighted by Crippen LogP contribution is -2.30. The van der Waals surface area contributed by atoms with Crippen LogP contribution in [0.1, 0.15) is 10.5 Å². The highest BCUT2D eigenvalue weighted by atomic mass is 32.1. The van der Waals surface area contributed by atoms with Gasteiger partial charge in [-0.25, -0.2) is 14.7 Å². The van der Waals surface area contributed by atoms with Crippen LogP contribution in [-0.4, -0.2) is 35.6 Å². The molecule has 1 saturated heterocycles. The largest absolute Gasteiger partial charge is 0.464 e. The number of ether oxygens (including phenoxy) is 1. The van der Waals surface area contributed by atoms with Crippen LogP contribution in [0.25, 0.3) is 0 Å². The van der Waals surface area contributed by atoms with Crippen LogP contribution in [0, 0.1) is 0 Å². The van der Waals surface area contributed by atoms with Gasteiger partial charge in [0.25, 0.3) is 5.91 Å². The summed E-state index contributed by atoms with van der Waals surface area (Å²) in [6.07, 6.45) is 0. The van der Waals surface area contributed by atoms with Gasteiger partial charge in [0.1, 0.15) is 0 Å². The minimum Gasteiger partial charge on any atom is -0.464 e. The number of rotatable bonds is 2. The molecule has 1 aliphatic heterocycles. The molecule has 0 atom stereocenters. The normalized spacial score (nSPS) is 15.2. The molecule has 0 radical (unpaired) electrons. The Kier molecular flexibility index (Phi) is 2.84. The van der Waals surface area contributed by atoms with Gasteiger partial charge in [0, 0.05) is 5.38 Å². The van der Waals surface area contributed by atoms with Gasteiger partial charge in [-0.2, -0.15) is 0 Å². The van der Waals surface area contributed by atoms with Crippen molar-refractivity contribution in [2.75, 3.05) is 18.6 Å². The molecule has 0 aromatic carbocycles. The zero-order chi connectivity index (χ0) is 11.7. The van der Waals surface area contributed by atoms with E-state index in [1.165, 1.54) is 17.4 Å². The van der Waals surface area contributed by atoms with E-state index in [4.69, 9.17) is 12.2 Å². The first-order chi connectivity index (χ1) is 7.63. The number of carbonyl (C=O) groups excluding carboxylic acids is 2. The van der Waals surface area contributed by atoms with E-state index in [1.807, 2.05) is 0 Å². The maximum absolute atomic E-state index is 11.5. The van der Waals surface area contributed by atoms with Crippen molar-refractivity contribution >= 4 is 45.7 Å². The zero-order valence-electron chi connectivity index (χ0n) is 8.22. The van der Waals surface area contributed by atoms with Gasteiger partial charge >= 0.3 is 5.97 Å². The fraction of sp³-hybridized carbons (Fsp3) is 0.250. The molecule has 1 N–H and O–H groups in total. The molecule has 16 heavy (non-hydrogen) atoms. The van der Waals surface area contributed by atoms with Crippen LogP contribution in [0.2, 0.25) is 0 Å². The number of esters is 1. The van der Waals surface area contributed by atoms with Gasteiger partial charge in [-0.15, -0.1) is 11.3 Å². The number of carbonyl (C=O) groups is 2. The maximum Gasteiger partial charge on any atom is 0.357 e. The van der Waals surface area contributed by atoms with Crippen molar-refractivity contribution in [1.29, 1.82) is 0 Å². The highest BCUT2D eigenvalue weighted by molar-refractivity contribution is 7.80. The van der Waals surface area contributed by atoms with E-state index < -0.39 is 5.97 Å². The number of thiocarbonyl (C=S) groups is 1. The Hall–Kier alpha value is -1.54. The Morgan fingerprint density at radius 1 is 1.75 bits per heavy atom. The number of methoxy groups -OCH3 is 1. The lowest BCUT2D eigenvalue weighted by Gasteiger charge is -2.09. The molecule has 84 valence electrons. The average Bonchev–Trinajstić information content (AvgIpc) is 2.85. The molecule has 2 rings (SSSR count). The highest BCUT2D eigenvalue weighted by Gasteiger charge is 2.29. The van der Waals surface area contributed by atoms with Crippen molar-refractivity contribution in [3.8, 4) is 0 Å². The first-order valence-corrected chi connectivity index (χ1v) is 5.57. The molecule has 1 fully saturated rings.